The standard InChI is InChI=1S/C10H11NO2/c1-4-6-8-7(3)9(12)11(5-2)10(8)13/h4-6H,2H2,1,3H3/b6-4-. The summed E-state index contributed by atoms with van der Waals surface area (Å²) >= 11 is 0. The normalized spacial score (nSPS) is 17.8. The van der Waals surface area contributed by atoms with Gasteiger partial charge in [-0.25, -0.2) is 0 Å². The lowest BCUT2D eigenvalue weighted by Gasteiger charge is -2.06. The molecule has 0 atom stereocenters. The molecule has 3 heteroatoms. The van der Waals surface area contributed by atoms with Crippen LogP contribution in [0.4, 0.5) is 0 Å². The van der Waals surface area contributed by atoms with Crippen molar-refractivity contribution in [2.75, 3.05) is 0 Å². The maximum Gasteiger partial charge on any atom is 0.265 e. The highest BCUT2D eigenvalue weighted by Crippen LogP contribution is 2.21. The number of amides is 2. The Hall–Kier alpha value is -1.64. The fourth-order valence-electron chi connectivity index (χ4n) is 1.21. The van der Waals surface area contributed by atoms with Gasteiger partial charge in [-0.2, -0.15) is 0 Å². The monoisotopic (exact) mass is 177 g/mol. The van der Waals surface area contributed by atoms with E-state index in [0.29, 0.717) is 11.1 Å². The van der Waals surface area contributed by atoms with Gasteiger partial charge in [0.15, 0.2) is 0 Å². The molecule has 0 fully saturated rings. The molecule has 68 valence electrons. The molecular formula is C10H11NO2. The van der Waals surface area contributed by atoms with Crippen molar-refractivity contribution in [3.05, 3.63) is 36.1 Å². The Balaban J connectivity index is 3.15. The van der Waals surface area contributed by atoms with E-state index in [0.717, 1.165) is 4.90 Å². The molecule has 0 saturated heterocycles. The summed E-state index contributed by atoms with van der Waals surface area (Å²) in [6.45, 7) is 6.84. The second-order valence-corrected chi connectivity index (χ2v) is 2.70. The van der Waals surface area contributed by atoms with E-state index in [1.54, 1.807) is 26.0 Å². The van der Waals surface area contributed by atoms with E-state index in [2.05, 4.69) is 6.58 Å². The van der Waals surface area contributed by atoms with Gasteiger partial charge in [-0.1, -0.05) is 18.7 Å². The highest BCUT2D eigenvalue weighted by atomic mass is 16.2. The number of nitrogens with zero attached hydrogens (tertiary/aromatic N) is 1. The van der Waals surface area contributed by atoms with Gasteiger partial charge < -0.3 is 0 Å². The van der Waals surface area contributed by atoms with E-state index in [1.165, 1.54) is 6.20 Å². The minimum absolute atomic E-state index is 0.284. The molecule has 1 heterocycles. The largest absolute Gasteiger partial charge is 0.269 e. The average Bonchev–Trinajstić information content (AvgIpc) is 2.31. The molecule has 1 aliphatic heterocycles. The zero-order chi connectivity index (χ0) is 10.0. The third-order valence-corrected chi connectivity index (χ3v) is 1.91. The van der Waals surface area contributed by atoms with Gasteiger partial charge in [0.1, 0.15) is 0 Å². The lowest BCUT2D eigenvalue weighted by atomic mass is 10.1. The second kappa shape index (κ2) is 3.39. The summed E-state index contributed by atoms with van der Waals surface area (Å²) in [7, 11) is 0. The van der Waals surface area contributed by atoms with Gasteiger partial charge in [-0.05, 0) is 13.8 Å². The molecule has 0 bridgehead atoms. The van der Waals surface area contributed by atoms with E-state index in [9.17, 15) is 9.59 Å². The van der Waals surface area contributed by atoms with Gasteiger partial charge in [0.2, 0.25) is 0 Å². The van der Waals surface area contributed by atoms with Gasteiger partial charge in [-0.15, -0.1) is 0 Å². The summed E-state index contributed by atoms with van der Waals surface area (Å²) < 4.78 is 0. The Morgan fingerprint density at radius 1 is 1.31 bits per heavy atom. The van der Waals surface area contributed by atoms with Crippen molar-refractivity contribution in [3.63, 3.8) is 0 Å². The van der Waals surface area contributed by atoms with E-state index >= 15 is 0 Å². The topological polar surface area (TPSA) is 37.4 Å². The van der Waals surface area contributed by atoms with Gasteiger partial charge in [0.05, 0.1) is 0 Å². The van der Waals surface area contributed by atoms with Crippen molar-refractivity contribution in [2.24, 2.45) is 0 Å². The Morgan fingerprint density at radius 3 is 2.31 bits per heavy atom. The van der Waals surface area contributed by atoms with Crippen molar-refractivity contribution < 1.29 is 9.59 Å². The van der Waals surface area contributed by atoms with Crippen LogP contribution in [0.25, 0.3) is 0 Å². The number of carbonyl (C=O) groups excluding carboxylic acids is 2. The van der Waals surface area contributed by atoms with Crippen LogP contribution >= 0.6 is 0 Å². The predicted molar refractivity (Wildman–Crippen MR) is 49.6 cm³/mol. The number of hydrogen-bond acceptors (Lipinski definition) is 2. The van der Waals surface area contributed by atoms with Gasteiger partial charge in [-0.3, -0.25) is 14.5 Å². The molecule has 1 rings (SSSR count). The molecule has 2 amide bonds. The summed E-state index contributed by atoms with van der Waals surface area (Å²) in [6, 6.07) is 0. The van der Waals surface area contributed by atoms with Crippen LogP contribution in [0.3, 0.4) is 0 Å². The molecule has 0 aliphatic carbocycles. The first kappa shape index (κ1) is 9.45. The second-order valence-electron chi connectivity index (χ2n) is 2.70. The van der Waals surface area contributed by atoms with Crippen LogP contribution < -0.4 is 0 Å². The summed E-state index contributed by atoms with van der Waals surface area (Å²) in [5, 5.41) is 0. The van der Waals surface area contributed by atoms with E-state index < -0.39 is 0 Å². The Morgan fingerprint density at radius 2 is 1.92 bits per heavy atom. The fourth-order valence-corrected chi connectivity index (χ4v) is 1.21. The molecule has 0 N–H and O–H groups in total. The van der Waals surface area contributed by atoms with Crippen LogP contribution in [0.1, 0.15) is 13.8 Å². The van der Waals surface area contributed by atoms with Crippen molar-refractivity contribution in [2.45, 2.75) is 13.8 Å². The lowest BCUT2D eigenvalue weighted by Crippen LogP contribution is -2.25. The zero-order valence-corrected chi connectivity index (χ0v) is 7.70. The number of hydrogen-bond donors (Lipinski definition) is 0. The van der Waals surface area contributed by atoms with Crippen LogP contribution in [0.5, 0.6) is 0 Å². The fraction of sp³-hybridized carbons (Fsp3) is 0.200. The quantitative estimate of drug-likeness (QED) is 0.598. The third kappa shape index (κ3) is 1.33. The van der Waals surface area contributed by atoms with Crippen molar-refractivity contribution in [1.29, 1.82) is 0 Å². The minimum atomic E-state index is -0.296. The van der Waals surface area contributed by atoms with Crippen molar-refractivity contribution in [3.8, 4) is 0 Å². The molecule has 13 heavy (non-hydrogen) atoms. The minimum Gasteiger partial charge on any atom is -0.269 e. The molecule has 0 unspecified atom stereocenters. The average molecular weight is 177 g/mol. The number of rotatable bonds is 2. The Labute approximate surface area is 77.0 Å². The van der Waals surface area contributed by atoms with E-state index in [1.807, 2.05) is 0 Å². The van der Waals surface area contributed by atoms with Crippen LogP contribution in [0, 0.1) is 0 Å². The molecule has 3 nitrogen and oxygen atoms in total. The highest BCUT2D eigenvalue weighted by Gasteiger charge is 2.32. The highest BCUT2D eigenvalue weighted by molar-refractivity contribution is 6.21. The van der Waals surface area contributed by atoms with Crippen molar-refractivity contribution in [1.82, 2.24) is 4.90 Å². The van der Waals surface area contributed by atoms with Gasteiger partial charge in [0, 0.05) is 17.3 Å². The Bertz CT molecular complexity index is 337. The van der Waals surface area contributed by atoms with Crippen LogP contribution in [-0.4, -0.2) is 16.7 Å². The summed E-state index contributed by atoms with van der Waals surface area (Å²) in [5.74, 6) is -0.580. The van der Waals surface area contributed by atoms with Crippen molar-refractivity contribution >= 4 is 11.8 Å². The number of imide groups is 1. The SMILES string of the molecule is C=CN1C(=O)C(C)=C(/C=C\C)C1=O. The first-order valence-corrected chi connectivity index (χ1v) is 3.97. The van der Waals surface area contributed by atoms with Gasteiger partial charge in [0.25, 0.3) is 11.8 Å². The third-order valence-electron chi connectivity index (χ3n) is 1.91. The van der Waals surface area contributed by atoms with E-state index in [-0.39, 0.29) is 11.8 Å². The molecule has 0 radical (unpaired) electrons. The number of allylic oxidation sites excluding steroid dienone is 1. The van der Waals surface area contributed by atoms with Crippen LogP contribution in [0.2, 0.25) is 0 Å². The summed E-state index contributed by atoms with van der Waals surface area (Å²) in [5.41, 5.74) is 0.926. The maximum absolute atomic E-state index is 11.5. The smallest absolute Gasteiger partial charge is 0.265 e. The first-order valence-electron chi connectivity index (χ1n) is 3.97. The maximum atomic E-state index is 11.5. The molecule has 0 aromatic carbocycles. The summed E-state index contributed by atoms with van der Waals surface area (Å²) in [6.07, 6.45) is 4.61. The molecule has 0 spiro atoms. The molecular weight excluding hydrogens is 166 g/mol. The zero-order valence-electron chi connectivity index (χ0n) is 7.70. The molecule has 0 saturated carbocycles. The van der Waals surface area contributed by atoms with E-state index in [4.69, 9.17) is 0 Å². The Kier molecular flexibility index (Phi) is 2.46. The predicted octanol–water partition coefficient (Wildman–Crippen LogP) is 1.39. The lowest BCUT2D eigenvalue weighted by molar-refractivity contribution is -0.134. The van der Waals surface area contributed by atoms with Gasteiger partial charge >= 0.3 is 0 Å². The van der Waals surface area contributed by atoms with Crippen LogP contribution in [0.15, 0.2) is 36.1 Å². The first-order chi connectivity index (χ1) is 6.13. The molecule has 1 aliphatic rings. The summed E-state index contributed by atoms with van der Waals surface area (Å²) in [4.78, 5) is 23.9. The molecule has 0 aromatic heterocycles. The molecule has 0 aromatic rings. The van der Waals surface area contributed by atoms with Crippen LogP contribution in [-0.2, 0) is 9.59 Å². The number of carbonyl (C=O) groups is 2.